The van der Waals surface area contributed by atoms with Gasteiger partial charge < -0.3 is 9.84 Å². The van der Waals surface area contributed by atoms with Gasteiger partial charge in [-0.25, -0.2) is 0 Å². The minimum absolute atomic E-state index is 0.102. The second-order valence-electron chi connectivity index (χ2n) is 4.72. The van der Waals surface area contributed by atoms with Crippen LogP contribution in [0, 0.1) is 0 Å². The van der Waals surface area contributed by atoms with Crippen molar-refractivity contribution in [2.24, 2.45) is 0 Å². The van der Waals surface area contributed by atoms with E-state index < -0.39 is 0 Å². The van der Waals surface area contributed by atoms with E-state index in [1.807, 2.05) is 12.1 Å². The number of hydrogen-bond donors (Lipinski definition) is 1. The van der Waals surface area contributed by atoms with Gasteiger partial charge in [0.1, 0.15) is 5.75 Å². The van der Waals surface area contributed by atoms with Crippen molar-refractivity contribution >= 4 is 0 Å². The zero-order valence-corrected chi connectivity index (χ0v) is 10.6. The molecule has 3 heteroatoms. The Morgan fingerprint density at radius 1 is 1.24 bits per heavy atom. The maximum atomic E-state index is 9.50. The number of piperidine rings is 1. The van der Waals surface area contributed by atoms with Crippen molar-refractivity contribution in [3.63, 3.8) is 0 Å². The lowest BCUT2D eigenvalue weighted by Gasteiger charge is -2.34. The highest BCUT2D eigenvalue weighted by Gasteiger charge is 2.21. The Morgan fingerprint density at radius 3 is 2.35 bits per heavy atom. The highest BCUT2D eigenvalue weighted by Crippen LogP contribution is 2.25. The van der Waals surface area contributed by atoms with Gasteiger partial charge in [-0.05, 0) is 37.5 Å². The zero-order valence-electron chi connectivity index (χ0n) is 10.6. The third-order valence-electron chi connectivity index (χ3n) is 3.65. The van der Waals surface area contributed by atoms with E-state index >= 15 is 0 Å². The number of benzene rings is 1. The lowest BCUT2D eigenvalue weighted by molar-refractivity contribution is 0.0645. The predicted octanol–water partition coefficient (Wildman–Crippen LogP) is 2.21. The first-order chi connectivity index (χ1) is 8.20. The number of aliphatic hydroxyl groups excluding tert-OH is 1. The molecule has 1 aromatic rings. The fourth-order valence-electron chi connectivity index (χ4n) is 2.37. The minimum Gasteiger partial charge on any atom is -0.497 e. The number of methoxy groups -OCH3 is 1. The van der Waals surface area contributed by atoms with Crippen LogP contribution in [-0.2, 0) is 0 Å². The van der Waals surface area contributed by atoms with E-state index in [0.717, 1.165) is 31.7 Å². The van der Waals surface area contributed by atoms with Gasteiger partial charge in [-0.2, -0.15) is 0 Å². The molecular formula is C14H21NO2. The Bertz CT molecular complexity index is 342. The van der Waals surface area contributed by atoms with E-state index in [-0.39, 0.29) is 6.10 Å². The summed E-state index contributed by atoms with van der Waals surface area (Å²) in [5.41, 5.74) is 1.31. The monoisotopic (exact) mass is 235 g/mol. The normalized spacial score (nSPS) is 20.2. The number of likely N-dealkylation sites (tertiary alicyclic amines) is 1. The molecule has 0 bridgehead atoms. The Hall–Kier alpha value is -1.06. The van der Waals surface area contributed by atoms with E-state index in [9.17, 15) is 5.11 Å². The molecular weight excluding hydrogens is 214 g/mol. The van der Waals surface area contributed by atoms with Crippen molar-refractivity contribution in [1.29, 1.82) is 0 Å². The molecule has 0 saturated carbocycles. The smallest absolute Gasteiger partial charge is 0.118 e. The summed E-state index contributed by atoms with van der Waals surface area (Å²) in [7, 11) is 1.68. The van der Waals surface area contributed by atoms with E-state index in [0.29, 0.717) is 6.04 Å². The van der Waals surface area contributed by atoms with Crippen LogP contribution >= 0.6 is 0 Å². The molecule has 2 rings (SSSR count). The summed E-state index contributed by atoms with van der Waals surface area (Å²) in [5, 5.41) is 9.50. The third-order valence-corrected chi connectivity index (χ3v) is 3.65. The third kappa shape index (κ3) is 2.99. The maximum absolute atomic E-state index is 9.50. The fourth-order valence-corrected chi connectivity index (χ4v) is 2.37. The van der Waals surface area contributed by atoms with Gasteiger partial charge in [-0.1, -0.05) is 12.1 Å². The fraction of sp³-hybridized carbons (Fsp3) is 0.571. The first kappa shape index (κ1) is 12.4. The van der Waals surface area contributed by atoms with Crippen LogP contribution in [0.3, 0.4) is 0 Å². The van der Waals surface area contributed by atoms with Crippen molar-refractivity contribution in [2.75, 3.05) is 20.2 Å². The van der Waals surface area contributed by atoms with Crippen LogP contribution in [-0.4, -0.2) is 36.3 Å². The number of hydrogen-bond acceptors (Lipinski definition) is 3. The van der Waals surface area contributed by atoms with Gasteiger partial charge in [0.25, 0.3) is 0 Å². The summed E-state index contributed by atoms with van der Waals surface area (Å²) in [5.74, 6) is 0.898. The molecule has 0 spiro atoms. The van der Waals surface area contributed by atoms with Crippen LogP contribution in [0.5, 0.6) is 5.75 Å². The summed E-state index contributed by atoms with van der Waals surface area (Å²) in [4.78, 5) is 2.43. The molecule has 1 atom stereocenters. The molecule has 0 aliphatic carbocycles. The highest BCUT2D eigenvalue weighted by atomic mass is 16.5. The van der Waals surface area contributed by atoms with Crippen molar-refractivity contribution in [3.8, 4) is 5.75 Å². The van der Waals surface area contributed by atoms with Crippen LogP contribution in [0.25, 0.3) is 0 Å². The standard InChI is InChI=1S/C14H21NO2/c1-11(15-9-7-13(16)8-10-15)12-3-5-14(17-2)6-4-12/h3-6,11,13,16H,7-10H2,1-2H3. The summed E-state index contributed by atoms with van der Waals surface area (Å²) >= 11 is 0. The summed E-state index contributed by atoms with van der Waals surface area (Å²) in [6.07, 6.45) is 1.68. The molecule has 17 heavy (non-hydrogen) atoms. The number of aliphatic hydroxyl groups is 1. The lowest BCUT2D eigenvalue weighted by Crippen LogP contribution is -2.37. The van der Waals surface area contributed by atoms with Gasteiger partial charge in [0.15, 0.2) is 0 Å². The number of rotatable bonds is 3. The Balaban J connectivity index is 2.00. The molecule has 1 unspecified atom stereocenters. The van der Waals surface area contributed by atoms with Crippen molar-refractivity contribution in [2.45, 2.75) is 31.9 Å². The Kier molecular flexibility index (Phi) is 4.02. The zero-order chi connectivity index (χ0) is 12.3. The molecule has 1 aliphatic rings. The van der Waals surface area contributed by atoms with Crippen molar-refractivity contribution in [1.82, 2.24) is 4.90 Å². The molecule has 0 amide bonds. The molecule has 1 fully saturated rings. The van der Waals surface area contributed by atoms with Gasteiger partial charge in [-0.3, -0.25) is 4.90 Å². The predicted molar refractivity (Wildman–Crippen MR) is 68.2 cm³/mol. The number of nitrogens with zero attached hydrogens (tertiary/aromatic N) is 1. The van der Waals surface area contributed by atoms with E-state index in [1.165, 1.54) is 5.56 Å². The molecule has 1 N–H and O–H groups in total. The second-order valence-corrected chi connectivity index (χ2v) is 4.72. The van der Waals surface area contributed by atoms with Gasteiger partial charge in [0.2, 0.25) is 0 Å². The van der Waals surface area contributed by atoms with E-state index in [1.54, 1.807) is 7.11 Å². The molecule has 3 nitrogen and oxygen atoms in total. The summed E-state index contributed by atoms with van der Waals surface area (Å²) in [6, 6.07) is 8.66. The summed E-state index contributed by atoms with van der Waals surface area (Å²) in [6.45, 7) is 4.18. The first-order valence-electron chi connectivity index (χ1n) is 6.27. The Labute approximate surface area is 103 Å². The molecule has 1 aromatic carbocycles. The average Bonchev–Trinajstić information content (AvgIpc) is 2.39. The Morgan fingerprint density at radius 2 is 1.82 bits per heavy atom. The largest absolute Gasteiger partial charge is 0.497 e. The van der Waals surface area contributed by atoms with Crippen molar-refractivity contribution in [3.05, 3.63) is 29.8 Å². The average molecular weight is 235 g/mol. The van der Waals surface area contributed by atoms with Gasteiger partial charge in [0, 0.05) is 19.1 Å². The molecule has 94 valence electrons. The molecule has 1 saturated heterocycles. The SMILES string of the molecule is COc1ccc(C(C)N2CCC(O)CC2)cc1. The summed E-state index contributed by atoms with van der Waals surface area (Å²) < 4.78 is 5.16. The van der Waals surface area contributed by atoms with E-state index in [4.69, 9.17) is 4.74 Å². The van der Waals surface area contributed by atoms with Crippen LogP contribution in [0.15, 0.2) is 24.3 Å². The lowest BCUT2D eigenvalue weighted by atomic mass is 10.0. The van der Waals surface area contributed by atoms with E-state index in [2.05, 4.69) is 24.0 Å². The number of ether oxygens (including phenoxy) is 1. The molecule has 0 aromatic heterocycles. The molecule has 0 radical (unpaired) electrons. The molecule has 1 heterocycles. The van der Waals surface area contributed by atoms with Gasteiger partial charge in [-0.15, -0.1) is 0 Å². The van der Waals surface area contributed by atoms with Gasteiger partial charge >= 0.3 is 0 Å². The van der Waals surface area contributed by atoms with Crippen molar-refractivity contribution < 1.29 is 9.84 Å². The minimum atomic E-state index is -0.102. The van der Waals surface area contributed by atoms with Crippen LogP contribution < -0.4 is 4.74 Å². The van der Waals surface area contributed by atoms with Crippen LogP contribution in [0.4, 0.5) is 0 Å². The first-order valence-corrected chi connectivity index (χ1v) is 6.27. The quantitative estimate of drug-likeness (QED) is 0.872. The molecule has 1 aliphatic heterocycles. The van der Waals surface area contributed by atoms with Gasteiger partial charge in [0.05, 0.1) is 13.2 Å². The highest BCUT2D eigenvalue weighted by molar-refractivity contribution is 5.28. The topological polar surface area (TPSA) is 32.7 Å². The second kappa shape index (κ2) is 5.52. The van der Waals surface area contributed by atoms with Crippen LogP contribution in [0.2, 0.25) is 0 Å². The maximum Gasteiger partial charge on any atom is 0.118 e. The van der Waals surface area contributed by atoms with Crippen LogP contribution in [0.1, 0.15) is 31.4 Å².